The molecule has 1 aliphatic rings. The van der Waals surface area contributed by atoms with Crippen molar-refractivity contribution in [1.29, 1.82) is 0 Å². The van der Waals surface area contributed by atoms with Gasteiger partial charge in [0.25, 0.3) is 5.91 Å². The number of aliphatic hydroxyl groups excluding tert-OH is 1. The van der Waals surface area contributed by atoms with Crippen molar-refractivity contribution < 1.29 is 36.9 Å². The molecule has 0 spiro atoms. The van der Waals surface area contributed by atoms with Gasteiger partial charge in [-0.2, -0.15) is 4.31 Å². The average Bonchev–Trinajstić information content (AvgIpc) is 3.46. The van der Waals surface area contributed by atoms with Gasteiger partial charge in [-0.1, -0.05) is 30.3 Å². The maximum Gasteiger partial charge on any atom is 0.290 e. The van der Waals surface area contributed by atoms with E-state index in [9.17, 15) is 18.3 Å². The molecule has 1 aromatic heterocycles. The van der Waals surface area contributed by atoms with Crippen molar-refractivity contribution >= 4 is 38.3 Å². The number of carbonyl (C=O) groups is 1. The Bertz CT molecular complexity index is 1700. The number of rotatable bonds is 12. The predicted octanol–water partition coefficient (Wildman–Crippen LogP) is 4.08. The van der Waals surface area contributed by atoms with Gasteiger partial charge in [-0.25, -0.2) is 8.42 Å². The third-order valence-electron chi connectivity index (χ3n) is 7.09. The highest BCUT2D eigenvalue weighted by atomic mass is 32.2. The van der Waals surface area contributed by atoms with E-state index in [1.165, 1.54) is 19.2 Å². The van der Waals surface area contributed by atoms with Gasteiger partial charge in [0.15, 0.2) is 5.76 Å². The van der Waals surface area contributed by atoms with E-state index >= 15 is 0 Å². The summed E-state index contributed by atoms with van der Waals surface area (Å²) in [7, 11) is -2.43. The van der Waals surface area contributed by atoms with Gasteiger partial charge in [0.1, 0.15) is 11.3 Å². The topological polar surface area (TPSA) is 154 Å². The van der Waals surface area contributed by atoms with Crippen molar-refractivity contribution in [3.05, 3.63) is 96.5 Å². The standard InChI is InChI=1S/C31H33N3O8S/c1-39-22-10-12-23(13-11-22)43(37,38)34(14-16-35)15-17-40-30-19-21(25-20-41-28-9-5-2-6-24(25)28)18-29(42-30)31(36)33-27-8-4-3-7-26(27)32/h2-13,18,20-21,30,35H,14-17,19,32H2,1H3,(H,33,36)/t21-,30+/m0/s1. The molecule has 0 aliphatic carbocycles. The molecule has 1 aliphatic heterocycles. The second-order valence-corrected chi connectivity index (χ2v) is 11.8. The van der Waals surface area contributed by atoms with Crippen molar-refractivity contribution in [1.82, 2.24) is 4.31 Å². The molecule has 0 fully saturated rings. The SMILES string of the molecule is COc1ccc(S(=O)(=O)N(CCO)CCO[C@H]2C[C@@H](c3coc4ccccc34)C=C(C(=O)Nc3ccccc3N)O2)cc1. The smallest absolute Gasteiger partial charge is 0.290 e. The summed E-state index contributed by atoms with van der Waals surface area (Å²) in [6, 6.07) is 20.5. The maximum atomic E-state index is 13.3. The Kier molecular flexibility index (Phi) is 9.31. The molecule has 0 saturated heterocycles. The van der Waals surface area contributed by atoms with Crippen molar-refractivity contribution in [3.8, 4) is 5.75 Å². The fraction of sp³-hybridized carbons (Fsp3) is 0.258. The van der Waals surface area contributed by atoms with E-state index in [0.29, 0.717) is 29.1 Å². The van der Waals surface area contributed by atoms with E-state index in [-0.39, 0.29) is 42.9 Å². The van der Waals surface area contributed by atoms with Crippen LogP contribution in [0.5, 0.6) is 5.75 Å². The van der Waals surface area contributed by atoms with Crippen LogP contribution in [0.2, 0.25) is 0 Å². The number of anilines is 2. The third kappa shape index (κ3) is 6.83. The second-order valence-electron chi connectivity index (χ2n) is 9.82. The average molecular weight is 608 g/mol. The minimum atomic E-state index is -3.93. The number of aliphatic hydroxyl groups is 1. The van der Waals surface area contributed by atoms with Crippen LogP contribution in [0.4, 0.5) is 11.4 Å². The summed E-state index contributed by atoms with van der Waals surface area (Å²) in [5.41, 5.74) is 8.43. The first-order valence-corrected chi connectivity index (χ1v) is 15.1. The van der Waals surface area contributed by atoms with Crippen LogP contribution in [0, 0.1) is 0 Å². The molecule has 11 nitrogen and oxygen atoms in total. The van der Waals surface area contributed by atoms with Gasteiger partial charge in [-0.05, 0) is 48.5 Å². The summed E-state index contributed by atoms with van der Waals surface area (Å²) < 4.78 is 50.5. The highest BCUT2D eigenvalue weighted by molar-refractivity contribution is 7.89. The van der Waals surface area contributed by atoms with Gasteiger partial charge in [0.05, 0.1) is 42.9 Å². The molecule has 0 radical (unpaired) electrons. The van der Waals surface area contributed by atoms with Crippen molar-refractivity contribution in [2.24, 2.45) is 0 Å². The third-order valence-corrected chi connectivity index (χ3v) is 9.00. The fourth-order valence-corrected chi connectivity index (χ4v) is 6.28. The first-order chi connectivity index (χ1) is 20.8. The number of sulfonamides is 1. The van der Waals surface area contributed by atoms with Crippen LogP contribution in [-0.2, 0) is 24.3 Å². The van der Waals surface area contributed by atoms with Crippen LogP contribution in [0.25, 0.3) is 11.0 Å². The van der Waals surface area contributed by atoms with Crippen molar-refractivity contribution in [3.63, 3.8) is 0 Å². The predicted molar refractivity (Wildman–Crippen MR) is 161 cm³/mol. The summed E-state index contributed by atoms with van der Waals surface area (Å²) in [4.78, 5) is 13.3. The van der Waals surface area contributed by atoms with Gasteiger partial charge >= 0.3 is 0 Å². The van der Waals surface area contributed by atoms with Gasteiger partial charge in [-0.15, -0.1) is 0 Å². The molecule has 2 atom stereocenters. The summed E-state index contributed by atoms with van der Waals surface area (Å²) in [5.74, 6) is -0.248. The number of fused-ring (bicyclic) bond motifs is 1. The number of nitrogens with one attached hydrogen (secondary N) is 1. The van der Waals surface area contributed by atoms with Crippen LogP contribution >= 0.6 is 0 Å². The molecule has 0 saturated carbocycles. The Balaban J connectivity index is 1.33. The molecule has 12 heteroatoms. The summed E-state index contributed by atoms with van der Waals surface area (Å²) in [5, 5.41) is 13.3. The zero-order valence-electron chi connectivity index (χ0n) is 23.5. The van der Waals surface area contributed by atoms with Crippen molar-refractivity contribution in [2.75, 3.05) is 44.5 Å². The number of carbonyl (C=O) groups excluding carboxylic acids is 1. The highest BCUT2D eigenvalue weighted by Crippen LogP contribution is 2.36. The number of nitrogen functional groups attached to an aromatic ring is 1. The van der Waals surface area contributed by atoms with Gasteiger partial charge in [-0.3, -0.25) is 4.79 Å². The van der Waals surface area contributed by atoms with E-state index in [2.05, 4.69) is 5.32 Å². The lowest BCUT2D eigenvalue weighted by molar-refractivity contribution is -0.143. The molecule has 1 amide bonds. The molecule has 226 valence electrons. The number of allylic oxidation sites excluding steroid dienone is 1. The molecule has 2 heterocycles. The molecule has 5 rings (SSSR count). The second kappa shape index (κ2) is 13.3. The fourth-order valence-electron chi connectivity index (χ4n) is 4.86. The molecular weight excluding hydrogens is 574 g/mol. The number of hydrogen-bond donors (Lipinski definition) is 3. The number of benzene rings is 3. The Morgan fingerprint density at radius 2 is 1.81 bits per heavy atom. The van der Waals surface area contributed by atoms with Gasteiger partial charge in [0, 0.05) is 36.4 Å². The number of para-hydroxylation sites is 3. The Morgan fingerprint density at radius 1 is 1.07 bits per heavy atom. The molecule has 4 N–H and O–H groups in total. The number of methoxy groups -OCH3 is 1. The normalized spacial score (nSPS) is 17.0. The lowest BCUT2D eigenvalue weighted by Crippen LogP contribution is -2.37. The largest absolute Gasteiger partial charge is 0.497 e. The zero-order chi connectivity index (χ0) is 30.4. The number of nitrogens with two attached hydrogens (primary N) is 1. The molecule has 0 bridgehead atoms. The minimum absolute atomic E-state index is 0.0350. The molecule has 43 heavy (non-hydrogen) atoms. The van der Waals surface area contributed by atoms with Gasteiger partial charge in [0.2, 0.25) is 16.3 Å². The van der Waals surface area contributed by atoms with E-state index in [1.807, 2.05) is 24.3 Å². The van der Waals surface area contributed by atoms with Gasteiger partial charge < -0.3 is 34.8 Å². The van der Waals surface area contributed by atoms with E-state index < -0.39 is 22.2 Å². The van der Waals surface area contributed by atoms with Crippen LogP contribution in [-0.4, -0.2) is 63.4 Å². The van der Waals surface area contributed by atoms with Crippen molar-refractivity contribution in [2.45, 2.75) is 23.5 Å². The van der Waals surface area contributed by atoms with E-state index in [4.69, 9.17) is 24.4 Å². The van der Waals surface area contributed by atoms with Crippen LogP contribution < -0.4 is 15.8 Å². The number of nitrogens with zero attached hydrogens (tertiary/aromatic N) is 1. The monoisotopic (exact) mass is 607 g/mol. The first-order valence-electron chi connectivity index (χ1n) is 13.7. The minimum Gasteiger partial charge on any atom is -0.497 e. The molecule has 3 aromatic carbocycles. The Hall–Kier alpha value is -4.36. The van der Waals surface area contributed by atoms with E-state index in [0.717, 1.165) is 15.3 Å². The lowest BCUT2D eigenvalue weighted by atomic mass is 9.92. The van der Waals surface area contributed by atoms with Crippen LogP contribution in [0.3, 0.4) is 0 Å². The molecular formula is C31H33N3O8S. The zero-order valence-corrected chi connectivity index (χ0v) is 24.3. The number of hydrogen-bond acceptors (Lipinski definition) is 9. The number of ether oxygens (including phenoxy) is 3. The highest BCUT2D eigenvalue weighted by Gasteiger charge is 2.31. The lowest BCUT2D eigenvalue weighted by Gasteiger charge is -2.30. The Morgan fingerprint density at radius 3 is 2.56 bits per heavy atom. The molecule has 4 aromatic rings. The number of amides is 1. The van der Waals surface area contributed by atoms with Crippen LogP contribution in [0.15, 0.2) is 100 Å². The summed E-state index contributed by atoms with van der Waals surface area (Å²) >= 11 is 0. The summed E-state index contributed by atoms with van der Waals surface area (Å²) in [6.45, 7) is -0.612. The number of furan rings is 1. The summed E-state index contributed by atoms with van der Waals surface area (Å²) in [6.07, 6.45) is 2.84. The van der Waals surface area contributed by atoms with E-state index in [1.54, 1.807) is 48.7 Å². The quantitative estimate of drug-likeness (QED) is 0.202. The first kappa shape index (κ1) is 30.1. The maximum absolute atomic E-state index is 13.3. The van der Waals surface area contributed by atoms with Crippen LogP contribution in [0.1, 0.15) is 17.9 Å². The Labute approximate surface area is 249 Å². The molecule has 0 unspecified atom stereocenters.